The van der Waals surface area contributed by atoms with Crippen LogP contribution in [0.15, 0.2) is 0 Å². The third-order valence-electron chi connectivity index (χ3n) is 1.98. The van der Waals surface area contributed by atoms with Gasteiger partial charge in [0, 0.05) is 19.1 Å². The maximum atomic E-state index is 11.8. The molecule has 0 unspecified atom stereocenters. The molecule has 0 spiro atoms. The molecular formula is C6H12F3N3O2S. The van der Waals surface area contributed by atoms with E-state index in [0.717, 1.165) is 4.31 Å². The highest BCUT2D eigenvalue weighted by Gasteiger charge is 2.34. The Hall–Kier alpha value is -0.380. The Morgan fingerprint density at radius 1 is 1.47 bits per heavy atom. The normalized spacial score (nSPS) is 24.7. The van der Waals surface area contributed by atoms with Crippen LogP contribution >= 0.6 is 0 Å². The van der Waals surface area contributed by atoms with Crippen molar-refractivity contribution < 1.29 is 21.6 Å². The predicted molar refractivity (Wildman–Crippen MR) is 47.1 cm³/mol. The summed E-state index contributed by atoms with van der Waals surface area (Å²) in [4.78, 5) is 0. The van der Waals surface area contributed by atoms with Gasteiger partial charge in [0.1, 0.15) is 6.54 Å². The van der Waals surface area contributed by atoms with Gasteiger partial charge in [-0.25, -0.2) is 0 Å². The Labute approximate surface area is 85.6 Å². The molecule has 15 heavy (non-hydrogen) atoms. The zero-order chi connectivity index (χ0) is 11.7. The van der Waals surface area contributed by atoms with E-state index < -0.39 is 22.9 Å². The van der Waals surface area contributed by atoms with E-state index in [4.69, 9.17) is 5.73 Å². The largest absolute Gasteiger partial charge is 0.402 e. The van der Waals surface area contributed by atoms with Gasteiger partial charge in [0.15, 0.2) is 0 Å². The van der Waals surface area contributed by atoms with Crippen LogP contribution in [0, 0.1) is 0 Å². The number of rotatable bonds is 3. The maximum Gasteiger partial charge on any atom is 0.402 e. The second kappa shape index (κ2) is 4.24. The van der Waals surface area contributed by atoms with Crippen molar-refractivity contribution in [2.75, 3.05) is 19.6 Å². The van der Waals surface area contributed by atoms with Crippen LogP contribution in [0.4, 0.5) is 13.2 Å². The second-order valence-corrected chi connectivity index (χ2v) is 5.10. The van der Waals surface area contributed by atoms with Crippen molar-refractivity contribution in [2.45, 2.75) is 18.6 Å². The van der Waals surface area contributed by atoms with Gasteiger partial charge >= 0.3 is 6.18 Å². The summed E-state index contributed by atoms with van der Waals surface area (Å²) in [7, 11) is -4.04. The van der Waals surface area contributed by atoms with E-state index in [1.807, 2.05) is 0 Å². The Balaban J connectivity index is 2.53. The van der Waals surface area contributed by atoms with Gasteiger partial charge in [-0.1, -0.05) is 0 Å². The molecule has 5 nitrogen and oxygen atoms in total. The molecule has 0 amide bonds. The van der Waals surface area contributed by atoms with Gasteiger partial charge in [0.05, 0.1) is 0 Å². The molecule has 90 valence electrons. The Bertz CT molecular complexity index is 316. The Morgan fingerprint density at radius 2 is 2.07 bits per heavy atom. The molecule has 0 aromatic heterocycles. The number of alkyl halides is 3. The van der Waals surface area contributed by atoms with E-state index in [0.29, 0.717) is 6.42 Å². The van der Waals surface area contributed by atoms with Gasteiger partial charge in [0.25, 0.3) is 10.2 Å². The van der Waals surface area contributed by atoms with Crippen molar-refractivity contribution in [1.29, 1.82) is 0 Å². The quantitative estimate of drug-likeness (QED) is 0.700. The van der Waals surface area contributed by atoms with E-state index in [1.54, 1.807) is 0 Å². The summed E-state index contributed by atoms with van der Waals surface area (Å²) in [5.41, 5.74) is 5.45. The molecule has 1 atom stereocenters. The van der Waals surface area contributed by atoms with Crippen molar-refractivity contribution in [3.63, 3.8) is 0 Å². The van der Waals surface area contributed by atoms with Crippen LogP contribution < -0.4 is 10.5 Å². The lowest BCUT2D eigenvalue weighted by Crippen LogP contribution is -2.44. The third kappa shape index (κ3) is 3.93. The average Bonchev–Trinajstić information content (AvgIpc) is 2.48. The number of nitrogens with zero attached hydrogens (tertiary/aromatic N) is 1. The van der Waals surface area contributed by atoms with Gasteiger partial charge < -0.3 is 5.73 Å². The second-order valence-electron chi connectivity index (χ2n) is 3.35. The molecule has 3 N–H and O–H groups in total. The van der Waals surface area contributed by atoms with Crippen LogP contribution in [-0.2, 0) is 10.2 Å². The van der Waals surface area contributed by atoms with E-state index >= 15 is 0 Å². The number of halogens is 3. The molecule has 0 radical (unpaired) electrons. The fourth-order valence-corrected chi connectivity index (χ4v) is 2.50. The number of hydrogen-bond acceptors (Lipinski definition) is 3. The number of hydrogen-bond donors (Lipinski definition) is 2. The lowest BCUT2D eigenvalue weighted by molar-refractivity contribution is -0.121. The van der Waals surface area contributed by atoms with Gasteiger partial charge in [-0.05, 0) is 6.42 Å². The van der Waals surface area contributed by atoms with E-state index in [-0.39, 0.29) is 19.1 Å². The molecule has 0 saturated carbocycles. The first-order chi connectivity index (χ1) is 6.71. The minimum Gasteiger partial charge on any atom is -0.326 e. The lowest BCUT2D eigenvalue weighted by atomic mass is 10.3. The summed E-state index contributed by atoms with van der Waals surface area (Å²) in [5.74, 6) is 0. The van der Waals surface area contributed by atoms with Crippen LogP contribution in [0.1, 0.15) is 6.42 Å². The average molecular weight is 247 g/mol. The van der Waals surface area contributed by atoms with E-state index in [2.05, 4.69) is 0 Å². The van der Waals surface area contributed by atoms with Crippen LogP contribution in [0.3, 0.4) is 0 Å². The highest BCUT2D eigenvalue weighted by Crippen LogP contribution is 2.15. The minimum absolute atomic E-state index is 0.0627. The van der Waals surface area contributed by atoms with Gasteiger partial charge in [-0.15, -0.1) is 0 Å². The summed E-state index contributed by atoms with van der Waals surface area (Å²) in [5, 5.41) is 0. The first kappa shape index (κ1) is 12.7. The third-order valence-corrected chi connectivity index (χ3v) is 3.50. The molecule has 0 aliphatic carbocycles. The van der Waals surface area contributed by atoms with E-state index in [1.165, 1.54) is 4.72 Å². The monoisotopic (exact) mass is 247 g/mol. The SMILES string of the molecule is N[C@H]1CCN(S(=O)(=O)NCC(F)(F)F)C1. The summed E-state index contributed by atoms with van der Waals surface area (Å²) in [6, 6.07) is -0.299. The van der Waals surface area contributed by atoms with Crippen molar-refractivity contribution in [3.05, 3.63) is 0 Å². The fourth-order valence-electron chi connectivity index (χ4n) is 1.24. The summed E-state index contributed by atoms with van der Waals surface area (Å²) in [6.45, 7) is -1.33. The molecule has 1 aliphatic rings. The maximum absolute atomic E-state index is 11.8. The zero-order valence-electron chi connectivity index (χ0n) is 7.79. The van der Waals surface area contributed by atoms with Crippen molar-refractivity contribution in [1.82, 2.24) is 9.03 Å². The summed E-state index contributed by atoms with van der Waals surface area (Å²) in [6.07, 6.45) is -4.08. The molecule has 0 bridgehead atoms. The Morgan fingerprint density at radius 3 is 2.47 bits per heavy atom. The predicted octanol–water partition coefficient (Wildman–Crippen LogP) is -0.584. The molecular weight excluding hydrogens is 235 g/mol. The first-order valence-corrected chi connectivity index (χ1v) is 5.72. The van der Waals surface area contributed by atoms with Gasteiger partial charge in [-0.3, -0.25) is 0 Å². The smallest absolute Gasteiger partial charge is 0.326 e. The molecule has 9 heteroatoms. The van der Waals surface area contributed by atoms with Crippen molar-refractivity contribution >= 4 is 10.2 Å². The molecule has 1 saturated heterocycles. The Kier molecular flexibility index (Phi) is 3.59. The van der Waals surface area contributed by atoms with Crippen LogP contribution in [0.25, 0.3) is 0 Å². The molecule has 0 aromatic carbocycles. The zero-order valence-corrected chi connectivity index (χ0v) is 8.61. The van der Waals surface area contributed by atoms with Gasteiger partial charge in [0.2, 0.25) is 0 Å². The van der Waals surface area contributed by atoms with Crippen LogP contribution in [0.5, 0.6) is 0 Å². The molecule has 1 fully saturated rings. The topological polar surface area (TPSA) is 75.4 Å². The molecule has 1 heterocycles. The summed E-state index contributed by atoms with van der Waals surface area (Å²) >= 11 is 0. The molecule has 1 rings (SSSR count). The minimum atomic E-state index is -4.55. The van der Waals surface area contributed by atoms with E-state index in [9.17, 15) is 21.6 Å². The first-order valence-electron chi connectivity index (χ1n) is 4.28. The summed E-state index contributed by atoms with van der Waals surface area (Å²) < 4.78 is 60.3. The van der Waals surface area contributed by atoms with Crippen molar-refractivity contribution in [3.8, 4) is 0 Å². The molecule has 0 aromatic rings. The van der Waals surface area contributed by atoms with Crippen LogP contribution in [0.2, 0.25) is 0 Å². The molecule has 1 aliphatic heterocycles. The van der Waals surface area contributed by atoms with Gasteiger partial charge in [-0.2, -0.15) is 30.6 Å². The highest BCUT2D eigenvalue weighted by atomic mass is 32.2. The number of nitrogens with two attached hydrogens (primary N) is 1. The van der Waals surface area contributed by atoms with Crippen LogP contribution in [-0.4, -0.2) is 44.6 Å². The fraction of sp³-hybridized carbons (Fsp3) is 1.00. The number of nitrogens with one attached hydrogen (secondary N) is 1. The lowest BCUT2D eigenvalue weighted by Gasteiger charge is -2.17. The van der Waals surface area contributed by atoms with Crippen molar-refractivity contribution in [2.24, 2.45) is 5.73 Å². The highest BCUT2D eigenvalue weighted by molar-refractivity contribution is 7.87. The standard InChI is InChI=1S/C6H12F3N3O2S/c7-6(8,9)4-11-15(13,14)12-2-1-5(10)3-12/h5,11H,1-4,10H2/t5-/m0/s1.